The molecule has 0 heterocycles. The maximum Gasteiger partial charge on any atom is -0.0108 e. The molecule has 0 aromatic rings. The second-order valence-electron chi connectivity index (χ2n) is 3.69. The molecule has 60 valence electrons. The lowest BCUT2D eigenvalue weighted by atomic mass is 10.1. The van der Waals surface area contributed by atoms with Gasteiger partial charge in [-0.05, 0) is 44.9 Å². The molecule has 2 aliphatic rings. The van der Waals surface area contributed by atoms with Crippen molar-refractivity contribution < 1.29 is 0 Å². The SMILES string of the molecule is C1=C2CCCCC(=CCC1)C2. The molecule has 0 amide bonds. The Hall–Kier alpha value is -0.520. The van der Waals surface area contributed by atoms with Crippen LogP contribution in [0, 0.1) is 0 Å². The van der Waals surface area contributed by atoms with Crippen molar-refractivity contribution in [2.24, 2.45) is 0 Å². The monoisotopic (exact) mass is 148 g/mol. The van der Waals surface area contributed by atoms with Crippen molar-refractivity contribution in [1.29, 1.82) is 0 Å². The summed E-state index contributed by atoms with van der Waals surface area (Å²) < 4.78 is 0. The van der Waals surface area contributed by atoms with Crippen LogP contribution in [0.25, 0.3) is 0 Å². The summed E-state index contributed by atoms with van der Waals surface area (Å²) in [5.41, 5.74) is 3.43. The molecule has 1 saturated carbocycles. The maximum absolute atomic E-state index is 2.47. The van der Waals surface area contributed by atoms with Crippen molar-refractivity contribution in [3.8, 4) is 0 Å². The number of hydrogen-bond acceptors (Lipinski definition) is 0. The van der Waals surface area contributed by atoms with E-state index in [1.807, 2.05) is 0 Å². The smallest absolute Gasteiger partial charge is 0.0108 e. The van der Waals surface area contributed by atoms with E-state index >= 15 is 0 Å². The van der Waals surface area contributed by atoms with E-state index in [2.05, 4.69) is 12.2 Å². The quantitative estimate of drug-likeness (QED) is 0.460. The fourth-order valence-corrected chi connectivity index (χ4v) is 2.10. The molecule has 0 spiro atoms. The van der Waals surface area contributed by atoms with Gasteiger partial charge < -0.3 is 0 Å². The van der Waals surface area contributed by atoms with Gasteiger partial charge in [0.1, 0.15) is 0 Å². The minimum atomic E-state index is 1.29. The summed E-state index contributed by atoms with van der Waals surface area (Å²) in [4.78, 5) is 0. The van der Waals surface area contributed by atoms with E-state index in [1.54, 1.807) is 11.1 Å². The van der Waals surface area contributed by atoms with Crippen molar-refractivity contribution in [3.05, 3.63) is 23.3 Å². The summed E-state index contributed by atoms with van der Waals surface area (Å²) in [6, 6.07) is 0. The molecule has 0 atom stereocenters. The number of fused-ring (bicyclic) bond motifs is 2. The molecule has 0 aliphatic heterocycles. The molecular weight excluding hydrogens is 132 g/mol. The summed E-state index contributed by atoms with van der Waals surface area (Å²) in [6.45, 7) is 0. The van der Waals surface area contributed by atoms with Gasteiger partial charge in [0, 0.05) is 0 Å². The van der Waals surface area contributed by atoms with Crippen LogP contribution in [0.2, 0.25) is 0 Å². The van der Waals surface area contributed by atoms with E-state index in [4.69, 9.17) is 0 Å². The fraction of sp³-hybridized carbons (Fsp3) is 0.636. The summed E-state index contributed by atoms with van der Waals surface area (Å²) >= 11 is 0. The van der Waals surface area contributed by atoms with Crippen molar-refractivity contribution in [3.63, 3.8) is 0 Å². The minimum Gasteiger partial charge on any atom is -0.0847 e. The molecule has 0 nitrogen and oxygen atoms in total. The van der Waals surface area contributed by atoms with E-state index in [1.165, 1.54) is 44.9 Å². The van der Waals surface area contributed by atoms with Crippen LogP contribution in [0.1, 0.15) is 44.9 Å². The highest BCUT2D eigenvalue weighted by molar-refractivity contribution is 5.20. The van der Waals surface area contributed by atoms with Gasteiger partial charge in [-0.25, -0.2) is 0 Å². The zero-order valence-corrected chi connectivity index (χ0v) is 7.10. The lowest BCUT2D eigenvalue weighted by Crippen LogP contribution is -1.80. The Kier molecular flexibility index (Phi) is 2.11. The molecule has 2 rings (SSSR count). The standard InChI is InChI=1S/C11H16/c1-2-6-11-8-4-3-7-10(5-1)9-11/h5-6H,1-4,7-9H2. The first-order valence-electron chi connectivity index (χ1n) is 4.81. The minimum absolute atomic E-state index is 1.29. The fourth-order valence-electron chi connectivity index (χ4n) is 2.10. The van der Waals surface area contributed by atoms with Crippen molar-refractivity contribution in [2.75, 3.05) is 0 Å². The Morgan fingerprint density at radius 3 is 1.91 bits per heavy atom. The van der Waals surface area contributed by atoms with Crippen molar-refractivity contribution in [2.45, 2.75) is 44.9 Å². The molecule has 0 N–H and O–H groups in total. The van der Waals surface area contributed by atoms with Crippen LogP contribution < -0.4 is 0 Å². The Labute approximate surface area is 69.0 Å². The first kappa shape index (κ1) is 7.15. The zero-order chi connectivity index (χ0) is 7.52. The summed E-state index contributed by atoms with van der Waals surface area (Å²) in [6.07, 6.45) is 14.4. The van der Waals surface area contributed by atoms with Crippen LogP contribution in [0.5, 0.6) is 0 Å². The predicted octanol–water partition coefficient (Wildman–Crippen LogP) is 3.60. The third-order valence-electron chi connectivity index (χ3n) is 2.73. The second-order valence-corrected chi connectivity index (χ2v) is 3.69. The molecule has 0 radical (unpaired) electrons. The molecule has 0 unspecified atom stereocenters. The van der Waals surface area contributed by atoms with Crippen LogP contribution in [0.4, 0.5) is 0 Å². The maximum atomic E-state index is 2.47. The number of rotatable bonds is 0. The number of allylic oxidation sites excluding steroid dienone is 4. The van der Waals surface area contributed by atoms with Crippen LogP contribution in [0.15, 0.2) is 23.3 Å². The first-order chi connectivity index (χ1) is 5.45. The Balaban J connectivity index is 2.18. The average Bonchev–Trinajstić information content (AvgIpc) is 2.36. The van der Waals surface area contributed by atoms with Gasteiger partial charge in [-0.3, -0.25) is 0 Å². The van der Waals surface area contributed by atoms with E-state index in [0.29, 0.717) is 0 Å². The van der Waals surface area contributed by atoms with Gasteiger partial charge in [0.05, 0.1) is 0 Å². The summed E-state index contributed by atoms with van der Waals surface area (Å²) in [5.74, 6) is 0. The molecule has 1 fully saturated rings. The third-order valence-corrected chi connectivity index (χ3v) is 2.73. The summed E-state index contributed by atoms with van der Waals surface area (Å²) in [5, 5.41) is 0. The highest BCUT2D eigenvalue weighted by Gasteiger charge is 2.09. The number of hydrogen-bond donors (Lipinski definition) is 0. The van der Waals surface area contributed by atoms with E-state index in [9.17, 15) is 0 Å². The van der Waals surface area contributed by atoms with Crippen LogP contribution in [-0.4, -0.2) is 0 Å². The Bertz CT molecular complexity index is 174. The lowest BCUT2D eigenvalue weighted by Gasteiger charge is -2.00. The van der Waals surface area contributed by atoms with E-state index in [0.717, 1.165) is 0 Å². The predicted molar refractivity (Wildman–Crippen MR) is 48.5 cm³/mol. The molecule has 0 aromatic heterocycles. The highest BCUT2D eigenvalue weighted by atomic mass is 14.2. The van der Waals surface area contributed by atoms with E-state index < -0.39 is 0 Å². The van der Waals surface area contributed by atoms with Crippen molar-refractivity contribution in [1.82, 2.24) is 0 Å². The average molecular weight is 148 g/mol. The molecule has 2 bridgehead atoms. The summed E-state index contributed by atoms with van der Waals surface area (Å²) in [7, 11) is 0. The largest absolute Gasteiger partial charge is 0.0847 e. The first-order valence-corrected chi connectivity index (χ1v) is 4.81. The van der Waals surface area contributed by atoms with E-state index in [-0.39, 0.29) is 0 Å². The lowest BCUT2D eigenvalue weighted by molar-refractivity contribution is 0.754. The molecule has 0 aromatic carbocycles. The van der Waals surface area contributed by atoms with Gasteiger partial charge in [0.25, 0.3) is 0 Å². The van der Waals surface area contributed by atoms with Crippen LogP contribution in [-0.2, 0) is 0 Å². The molecule has 0 heteroatoms. The van der Waals surface area contributed by atoms with Gasteiger partial charge >= 0.3 is 0 Å². The molecule has 11 heavy (non-hydrogen) atoms. The van der Waals surface area contributed by atoms with Gasteiger partial charge in [0.15, 0.2) is 0 Å². The highest BCUT2D eigenvalue weighted by Crippen LogP contribution is 2.29. The normalized spacial score (nSPS) is 24.7. The van der Waals surface area contributed by atoms with Gasteiger partial charge in [-0.15, -0.1) is 0 Å². The molecule has 2 aliphatic carbocycles. The van der Waals surface area contributed by atoms with Gasteiger partial charge in [0.2, 0.25) is 0 Å². The van der Waals surface area contributed by atoms with Crippen LogP contribution in [0.3, 0.4) is 0 Å². The van der Waals surface area contributed by atoms with Gasteiger partial charge in [-0.1, -0.05) is 23.3 Å². The van der Waals surface area contributed by atoms with Crippen LogP contribution >= 0.6 is 0 Å². The third kappa shape index (κ3) is 1.74. The Morgan fingerprint density at radius 1 is 0.818 bits per heavy atom. The Morgan fingerprint density at radius 2 is 1.36 bits per heavy atom. The second kappa shape index (κ2) is 3.25. The van der Waals surface area contributed by atoms with Crippen molar-refractivity contribution >= 4 is 0 Å². The molecule has 0 saturated heterocycles. The zero-order valence-electron chi connectivity index (χ0n) is 7.10. The topological polar surface area (TPSA) is 0 Å². The van der Waals surface area contributed by atoms with Gasteiger partial charge in [-0.2, -0.15) is 0 Å². The molecular formula is C11H16.